The summed E-state index contributed by atoms with van der Waals surface area (Å²) in [5.74, 6) is 2.11. The maximum absolute atomic E-state index is 5.90. The zero-order valence-electron chi connectivity index (χ0n) is 14.1. The quantitative estimate of drug-likeness (QED) is 0.709. The van der Waals surface area contributed by atoms with Gasteiger partial charge in [-0.15, -0.1) is 0 Å². The van der Waals surface area contributed by atoms with E-state index in [0.717, 1.165) is 48.7 Å². The highest BCUT2D eigenvalue weighted by Crippen LogP contribution is 2.21. The van der Waals surface area contributed by atoms with Crippen molar-refractivity contribution in [2.45, 2.75) is 25.9 Å². The van der Waals surface area contributed by atoms with Gasteiger partial charge in [0.2, 0.25) is 0 Å². The SMILES string of the molecule is CN(Cc1ccc(N2CCCC2)nc1)Cc1cc2ccccc2o1. The Kier molecular flexibility index (Phi) is 4.22. The summed E-state index contributed by atoms with van der Waals surface area (Å²) < 4.78 is 5.90. The van der Waals surface area contributed by atoms with Crippen LogP contribution in [0.25, 0.3) is 11.0 Å². The van der Waals surface area contributed by atoms with Crippen molar-refractivity contribution in [2.75, 3.05) is 25.0 Å². The topological polar surface area (TPSA) is 32.5 Å². The lowest BCUT2D eigenvalue weighted by atomic mass is 10.2. The molecule has 0 spiro atoms. The number of nitrogens with zero attached hydrogens (tertiary/aromatic N) is 3. The Morgan fingerprint density at radius 1 is 1.08 bits per heavy atom. The lowest BCUT2D eigenvalue weighted by molar-refractivity contribution is 0.291. The highest BCUT2D eigenvalue weighted by Gasteiger charge is 2.13. The number of aromatic nitrogens is 1. The standard InChI is InChI=1S/C20H23N3O/c1-22(15-18-12-17-6-2-3-7-19(17)24-18)14-16-8-9-20(21-13-16)23-10-4-5-11-23/h2-3,6-9,12-13H,4-5,10-11,14-15H2,1H3. The monoisotopic (exact) mass is 321 g/mol. The largest absolute Gasteiger partial charge is 0.460 e. The van der Waals surface area contributed by atoms with Crippen molar-refractivity contribution >= 4 is 16.8 Å². The molecular weight excluding hydrogens is 298 g/mol. The summed E-state index contributed by atoms with van der Waals surface area (Å²) in [5, 5.41) is 1.16. The molecule has 4 heteroatoms. The number of fused-ring (bicyclic) bond motifs is 1. The first kappa shape index (κ1) is 15.2. The molecule has 24 heavy (non-hydrogen) atoms. The number of anilines is 1. The van der Waals surface area contributed by atoms with Crippen molar-refractivity contribution < 1.29 is 4.42 Å². The van der Waals surface area contributed by atoms with E-state index in [-0.39, 0.29) is 0 Å². The second kappa shape index (κ2) is 6.65. The van der Waals surface area contributed by atoms with Crippen LogP contribution >= 0.6 is 0 Å². The van der Waals surface area contributed by atoms with E-state index in [4.69, 9.17) is 4.42 Å². The van der Waals surface area contributed by atoms with E-state index < -0.39 is 0 Å². The van der Waals surface area contributed by atoms with E-state index >= 15 is 0 Å². The molecule has 0 saturated carbocycles. The van der Waals surface area contributed by atoms with Gasteiger partial charge in [0.25, 0.3) is 0 Å². The van der Waals surface area contributed by atoms with Gasteiger partial charge in [0.1, 0.15) is 17.2 Å². The number of furan rings is 1. The van der Waals surface area contributed by atoms with Gasteiger partial charge in [-0.05, 0) is 43.7 Å². The van der Waals surface area contributed by atoms with Crippen molar-refractivity contribution in [3.05, 3.63) is 60.0 Å². The first-order valence-electron chi connectivity index (χ1n) is 8.64. The summed E-state index contributed by atoms with van der Waals surface area (Å²) in [5.41, 5.74) is 2.19. The van der Waals surface area contributed by atoms with Crippen molar-refractivity contribution in [1.82, 2.24) is 9.88 Å². The minimum atomic E-state index is 0.794. The van der Waals surface area contributed by atoms with Crippen LogP contribution in [0.2, 0.25) is 0 Å². The van der Waals surface area contributed by atoms with E-state index in [2.05, 4.69) is 46.1 Å². The zero-order valence-corrected chi connectivity index (χ0v) is 14.1. The second-order valence-electron chi connectivity index (χ2n) is 6.64. The maximum atomic E-state index is 5.90. The van der Waals surface area contributed by atoms with Gasteiger partial charge in [-0.2, -0.15) is 0 Å². The molecule has 0 aliphatic carbocycles. The summed E-state index contributed by atoms with van der Waals surface area (Å²) in [6.07, 6.45) is 4.57. The Labute approximate surface area is 142 Å². The van der Waals surface area contributed by atoms with Gasteiger partial charge >= 0.3 is 0 Å². The van der Waals surface area contributed by atoms with Crippen molar-refractivity contribution in [2.24, 2.45) is 0 Å². The number of benzene rings is 1. The lowest BCUT2D eigenvalue weighted by Crippen LogP contribution is -2.20. The molecule has 1 saturated heterocycles. The Bertz CT molecular complexity index is 770. The van der Waals surface area contributed by atoms with E-state index in [0.29, 0.717) is 0 Å². The summed E-state index contributed by atoms with van der Waals surface area (Å²) in [6, 6.07) is 14.6. The van der Waals surface area contributed by atoms with Gasteiger partial charge in [-0.25, -0.2) is 4.98 Å². The normalized spacial score (nSPS) is 14.8. The Balaban J connectivity index is 1.39. The number of pyridine rings is 1. The lowest BCUT2D eigenvalue weighted by Gasteiger charge is -2.18. The average molecular weight is 321 g/mol. The summed E-state index contributed by atoms with van der Waals surface area (Å²) in [6.45, 7) is 3.93. The third-order valence-electron chi connectivity index (χ3n) is 4.59. The van der Waals surface area contributed by atoms with Gasteiger partial charge in [0.05, 0.1) is 6.54 Å². The van der Waals surface area contributed by atoms with Crippen LogP contribution in [0.3, 0.4) is 0 Å². The second-order valence-corrected chi connectivity index (χ2v) is 6.64. The van der Waals surface area contributed by atoms with Gasteiger partial charge in [0, 0.05) is 31.2 Å². The van der Waals surface area contributed by atoms with Crippen molar-refractivity contribution in [3.63, 3.8) is 0 Å². The molecule has 0 radical (unpaired) electrons. The van der Waals surface area contributed by atoms with Gasteiger partial charge in [0.15, 0.2) is 0 Å². The number of rotatable bonds is 5. The van der Waals surface area contributed by atoms with Crippen LogP contribution in [0.4, 0.5) is 5.82 Å². The molecular formula is C20H23N3O. The first-order chi connectivity index (χ1) is 11.8. The zero-order chi connectivity index (χ0) is 16.4. The van der Waals surface area contributed by atoms with E-state index in [9.17, 15) is 0 Å². The molecule has 124 valence electrons. The molecule has 0 N–H and O–H groups in total. The minimum absolute atomic E-state index is 0.794. The number of para-hydroxylation sites is 1. The average Bonchev–Trinajstić information content (AvgIpc) is 3.24. The van der Waals surface area contributed by atoms with Crippen LogP contribution in [0.5, 0.6) is 0 Å². The van der Waals surface area contributed by atoms with Crippen LogP contribution in [0, 0.1) is 0 Å². The van der Waals surface area contributed by atoms with Crippen LogP contribution in [0.1, 0.15) is 24.2 Å². The third kappa shape index (κ3) is 3.29. The fourth-order valence-corrected chi connectivity index (χ4v) is 3.39. The summed E-state index contributed by atoms with van der Waals surface area (Å²) >= 11 is 0. The Morgan fingerprint density at radius 3 is 2.67 bits per heavy atom. The smallest absolute Gasteiger partial charge is 0.134 e. The summed E-state index contributed by atoms with van der Waals surface area (Å²) in [4.78, 5) is 9.25. The highest BCUT2D eigenvalue weighted by molar-refractivity contribution is 5.77. The predicted octanol–water partition coefficient (Wildman–Crippen LogP) is 4.06. The fraction of sp³-hybridized carbons (Fsp3) is 0.350. The molecule has 4 rings (SSSR count). The molecule has 1 aliphatic rings. The van der Waals surface area contributed by atoms with E-state index in [1.807, 2.05) is 24.4 Å². The highest BCUT2D eigenvalue weighted by atomic mass is 16.3. The Hall–Kier alpha value is -2.33. The molecule has 3 aromatic rings. The minimum Gasteiger partial charge on any atom is -0.460 e. The molecule has 4 nitrogen and oxygen atoms in total. The van der Waals surface area contributed by atoms with Gasteiger partial charge in [-0.1, -0.05) is 24.3 Å². The first-order valence-corrected chi connectivity index (χ1v) is 8.64. The number of hydrogen-bond donors (Lipinski definition) is 0. The molecule has 0 atom stereocenters. The molecule has 1 fully saturated rings. The van der Waals surface area contributed by atoms with Crippen molar-refractivity contribution in [1.29, 1.82) is 0 Å². The van der Waals surface area contributed by atoms with Crippen LogP contribution in [0.15, 0.2) is 53.1 Å². The number of hydrogen-bond acceptors (Lipinski definition) is 4. The maximum Gasteiger partial charge on any atom is 0.134 e. The third-order valence-corrected chi connectivity index (χ3v) is 4.59. The predicted molar refractivity (Wildman–Crippen MR) is 97.1 cm³/mol. The molecule has 0 unspecified atom stereocenters. The Morgan fingerprint density at radius 2 is 1.92 bits per heavy atom. The van der Waals surface area contributed by atoms with Gasteiger partial charge < -0.3 is 9.32 Å². The van der Waals surface area contributed by atoms with Gasteiger partial charge in [-0.3, -0.25) is 4.90 Å². The van der Waals surface area contributed by atoms with E-state index in [1.54, 1.807) is 0 Å². The molecule has 1 aliphatic heterocycles. The van der Waals surface area contributed by atoms with Crippen LogP contribution < -0.4 is 4.90 Å². The fourth-order valence-electron chi connectivity index (χ4n) is 3.39. The summed E-state index contributed by atoms with van der Waals surface area (Å²) in [7, 11) is 2.11. The molecule has 1 aromatic carbocycles. The van der Waals surface area contributed by atoms with Crippen LogP contribution in [-0.2, 0) is 13.1 Å². The molecule has 0 bridgehead atoms. The molecule has 3 heterocycles. The molecule has 0 amide bonds. The molecule has 2 aromatic heterocycles. The van der Waals surface area contributed by atoms with Crippen LogP contribution in [-0.4, -0.2) is 30.0 Å². The van der Waals surface area contributed by atoms with Crippen molar-refractivity contribution in [3.8, 4) is 0 Å². The van der Waals surface area contributed by atoms with E-state index in [1.165, 1.54) is 18.4 Å².